The molecule has 2 aromatic carbocycles. The molecule has 0 radical (unpaired) electrons. The number of aryl methyl sites for hydroxylation is 1. The van der Waals surface area contributed by atoms with Crippen LogP contribution >= 0.6 is 0 Å². The first-order valence-electron chi connectivity index (χ1n) is 9.40. The molecule has 1 saturated heterocycles. The van der Waals surface area contributed by atoms with Crippen LogP contribution in [0.3, 0.4) is 0 Å². The lowest BCUT2D eigenvalue weighted by atomic mass is 10.1. The topological polar surface area (TPSA) is 94.6 Å². The van der Waals surface area contributed by atoms with Gasteiger partial charge in [-0.3, -0.25) is 10.1 Å². The number of nitrogens with zero attached hydrogens (tertiary/aromatic N) is 5. The first-order chi connectivity index (χ1) is 13.5. The van der Waals surface area contributed by atoms with Gasteiger partial charge in [-0.1, -0.05) is 0 Å². The number of phenolic OH excluding ortho intramolecular Hbond substituents is 1. The Balaban J connectivity index is 1.57. The van der Waals surface area contributed by atoms with Crippen LogP contribution in [-0.2, 0) is 6.42 Å². The SMILES string of the molecule is CN1CCN(CCCc2cc(N=Nc3ccc([N+](=O)[O-])cc3)ccc2O)CC1. The van der Waals surface area contributed by atoms with Crippen molar-refractivity contribution in [3.8, 4) is 5.75 Å². The zero-order valence-corrected chi connectivity index (χ0v) is 16.0. The van der Waals surface area contributed by atoms with Gasteiger partial charge in [-0.25, -0.2) is 0 Å². The number of azo groups is 1. The first kappa shape index (κ1) is 19.9. The monoisotopic (exact) mass is 383 g/mol. The Morgan fingerprint density at radius 1 is 1.04 bits per heavy atom. The third-order valence-electron chi connectivity index (χ3n) is 4.92. The summed E-state index contributed by atoms with van der Waals surface area (Å²) < 4.78 is 0. The molecular formula is C20H25N5O3. The molecule has 0 saturated carbocycles. The normalized spacial score (nSPS) is 15.9. The van der Waals surface area contributed by atoms with Gasteiger partial charge >= 0.3 is 0 Å². The van der Waals surface area contributed by atoms with Crippen LogP contribution in [0.15, 0.2) is 52.7 Å². The summed E-state index contributed by atoms with van der Waals surface area (Å²) >= 11 is 0. The summed E-state index contributed by atoms with van der Waals surface area (Å²) in [7, 11) is 2.14. The molecule has 0 aromatic heterocycles. The van der Waals surface area contributed by atoms with Gasteiger partial charge in [0.2, 0.25) is 0 Å². The molecule has 1 aliphatic rings. The quantitative estimate of drug-likeness (QED) is 0.444. The number of hydrogen-bond acceptors (Lipinski definition) is 7. The molecule has 1 heterocycles. The number of nitro groups is 1. The maximum Gasteiger partial charge on any atom is 0.269 e. The van der Waals surface area contributed by atoms with Crippen LogP contribution in [-0.4, -0.2) is 59.6 Å². The second kappa shape index (κ2) is 9.38. The molecule has 1 fully saturated rings. The predicted octanol–water partition coefficient (Wildman–Crippen LogP) is 3.90. The molecular weight excluding hydrogens is 358 g/mol. The van der Waals surface area contributed by atoms with Crippen LogP contribution in [0.2, 0.25) is 0 Å². The molecule has 0 atom stereocenters. The Kier molecular flexibility index (Phi) is 6.67. The van der Waals surface area contributed by atoms with Crippen LogP contribution in [0, 0.1) is 10.1 Å². The van der Waals surface area contributed by atoms with Crippen LogP contribution in [0.4, 0.5) is 17.1 Å². The van der Waals surface area contributed by atoms with Crippen molar-refractivity contribution < 1.29 is 10.0 Å². The molecule has 0 amide bonds. The Labute approximate surface area is 164 Å². The fourth-order valence-electron chi connectivity index (χ4n) is 3.16. The number of nitro benzene ring substituents is 1. The zero-order chi connectivity index (χ0) is 19.9. The molecule has 0 spiro atoms. The molecule has 28 heavy (non-hydrogen) atoms. The molecule has 2 aromatic rings. The highest BCUT2D eigenvalue weighted by atomic mass is 16.6. The van der Waals surface area contributed by atoms with Gasteiger partial charge in [0, 0.05) is 38.3 Å². The van der Waals surface area contributed by atoms with E-state index in [2.05, 4.69) is 27.1 Å². The minimum atomic E-state index is -0.449. The Hall–Kier alpha value is -2.84. The van der Waals surface area contributed by atoms with Crippen molar-refractivity contribution >= 4 is 17.1 Å². The maximum absolute atomic E-state index is 10.7. The molecule has 1 N–H and O–H groups in total. The zero-order valence-electron chi connectivity index (χ0n) is 16.0. The van der Waals surface area contributed by atoms with Gasteiger partial charge in [0.15, 0.2) is 0 Å². The number of rotatable bonds is 7. The number of benzene rings is 2. The fourth-order valence-corrected chi connectivity index (χ4v) is 3.16. The van der Waals surface area contributed by atoms with E-state index in [4.69, 9.17) is 0 Å². The largest absolute Gasteiger partial charge is 0.508 e. The van der Waals surface area contributed by atoms with Crippen molar-refractivity contribution in [2.45, 2.75) is 12.8 Å². The fraction of sp³-hybridized carbons (Fsp3) is 0.400. The van der Waals surface area contributed by atoms with E-state index >= 15 is 0 Å². The van der Waals surface area contributed by atoms with E-state index in [-0.39, 0.29) is 11.4 Å². The molecule has 1 aliphatic heterocycles. The van der Waals surface area contributed by atoms with Gasteiger partial charge < -0.3 is 14.9 Å². The van der Waals surface area contributed by atoms with Crippen molar-refractivity contribution in [1.29, 1.82) is 0 Å². The van der Waals surface area contributed by atoms with Crippen molar-refractivity contribution in [2.24, 2.45) is 10.2 Å². The van der Waals surface area contributed by atoms with Crippen molar-refractivity contribution in [1.82, 2.24) is 9.80 Å². The van der Waals surface area contributed by atoms with Crippen molar-refractivity contribution in [3.05, 3.63) is 58.1 Å². The minimum Gasteiger partial charge on any atom is -0.508 e. The molecule has 8 heteroatoms. The van der Waals surface area contributed by atoms with E-state index in [1.54, 1.807) is 24.3 Å². The molecule has 0 aliphatic carbocycles. The number of non-ortho nitro benzene ring substituents is 1. The second-order valence-electron chi connectivity index (χ2n) is 7.03. The predicted molar refractivity (Wildman–Crippen MR) is 108 cm³/mol. The third-order valence-corrected chi connectivity index (χ3v) is 4.92. The van der Waals surface area contributed by atoms with E-state index in [0.717, 1.165) is 51.1 Å². The number of hydrogen-bond donors (Lipinski definition) is 1. The Morgan fingerprint density at radius 2 is 1.68 bits per heavy atom. The van der Waals surface area contributed by atoms with E-state index in [1.165, 1.54) is 12.1 Å². The summed E-state index contributed by atoms with van der Waals surface area (Å²) in [6.45, 7) is 5.40. The molecule has 148 valence electrons. The number of likely N-dealkylation sites (N-methyl/N-ethyl adjacent to an activating group) is 1. The van der Waals surface area contributed by atoms with Gasteiger partial charge in [-0.05, 0) is 62.3 Å². The Bertz CT molecular complexity index is 830. The summed E-state index contributed by atoms with van der Waals surface area (Å²) in [6.07, 6.45) is 1.75. The van der Waals surface area contributed by atoms with Crippen LogP contribution in [0.1, 0.15) is 12.0 Å². The average Bonchev–Trinajstić information content (AvgIpc) is 2.70. The van der Waals surface area contributed by atoms with Gasteiger partial charge in [0.25, 0.3) is 5.69 Å². The highest BCUT2D eigenvalue weighted by Crippen LogP contribution is 2.27. The lowest BCUT2D eigenvalue weighted by molar-refractivity contribution is -0.384. The summed E-state index contributed by atoms with van der Waals surface area (Å²) in [5.41, 5.74) is 2.06. The van der Waals surface area contributed by atoms with Gasteiger partial charge in [-0.15, -0.1) is 0 Å². The number of phenols is 1. The summed E-state index contributed by atoms with van der Waals surface area (Å²) in [5, 5.41) is 29.1. The molecule has 0 bridgehead atoms. The highest BCUT2D eigenvalue weighted by molar-refractivity contribution is 5.48. The van der Waals surface area contributed by atoms with Crippen LogP contribution in [0.25, 0.3) is 0 Å². The molecule has 0 unspecified atom stereocenters. The average molecular weight is 383 g/mol. The summed E-state index contributed by atoms with van der Waals surface area (Å²) in [4.78, 5) is 15.0. The lowest BCUT2D eigenvalue weighted by Crippen LogP contribution is -2.44. The maximum atomic E-state index is 10.7. The standard InChI is InChI=1S/C20H25N5O3/c1-23-11-13-24(14-12-23)10-2-3-16-15-18(6-9-20(16)26)22-21-17-4-7-19(8-5-17)25(27)28/h4-9,15,26H,2-3,10-14H2,1H3. The Morgan fingerprint density at radius 3 is 2.36 bits per heavy atom. The van der Waals surface area contributed by atoms with Crippen LogP contribution in [0.5, 0.6) is 5.75 Å². The minimum absolute atomic E-state index is 0.0196. The summed E-state index contributed by atoms with van der Waals surface area (Å²) in [5.74, 6) is 0.271. The smallest absolute Gasteiger partial charge is 0.269 e. The van der Waals surface area contributed by atoms with E-state index in [9.17, 15) is 15.2 Å². The van der Waals surface area contributed by atoms with Gasteiger partial charge in [0.1, 0.15) is 5.75 Å². The van der Waals surface area contributed by atoms with E-state index in [0.29, 0.717) is 11.4 Å². The first-order valence-corrected chi connectivity index (χ1v) is 9.40. The van der Waals surface area contributed by atoms with E-state index in [1.807, 2.05) is 6.07 Å². The van der Waals surface area contributed by atoms with Crippen molar-refractivity contribution in [2.75, 3.05) is 39.8 Å². The van der Waals surface area contributed by atoms with E-state index < -0.39 is 4.92 Å². The van der Waals surface area contributed by atoms with Crippen molar-refractivity contribution in [3.63, 3.8) is 0 Å². The molecule has 3 rings (SSSR count). The summed E-state index contributed by atoms with van der Waals surface area (Å²) in [6, 6.07) is 11.1. The molecule has 8 nitrogen and oxygen atoms in total. The number of piperazine rings is 1. The number of aromatic hydroxyl groups is 1. The van der Waals surface area contributed by atoms with Gasteiger partial charge in [-0.2, -0.15) is 10.2 Å². The highest BCUT2D eigenvalue weighted by Gasteiger charge is 2.13. The third kappa shape index (κ3) is 5.58. The van der Waals surface area contributed by atoms with Crippen LogP contribution < -0.4 is 0 Å². The second-order valence-corrected chi connectivity index (χ2v) is 7.03. The van der Waals surface area contributed by atoms with Gasteiger partial charge in [0.05, 0.1) is 16.3 Å². The lowest BCUT2D eigenvalue weighted by Gasteiger charge is -2.32.